The Morgan fingerprint density at radius 2 is 1.59 bits per heavy atom. The fraction of sp³-hybridized carbons (Fsp3) is 0.344. The second-order valence-electron chi connectivity index (χ2n) is 10.3. The molecular formula is C32H35NO6. The van der Waals surface area contributed by atoms with Crippen LogP contribution in [0.15, 0.2) is 66.7 Å². The van der Waals surface area contributed by atoms with Crippen molar-refractivity contribution in [2.75, 3.05) is 34.0 Å². The van der Waals surface area contributed by atoms with Gasteiger partial charge < -0.3 is 29.0 Å². The van der Waals surface area contributed by atoms with Gasteiger partial charge in [-0.25, -0.2) is 0 Å². The van der Waals surface area contributed by atoms with E-state index in [-0.39, 0.29) is 37.1 Å². The topological polar surface area (TPSA) is 77.5 Å². The van der Waals surface area contributed by atoms with E-state index in [0.717, 1.165) is 58.6 Å². The number of phenols is 1. The van der Waals surface area contributed by atoms with Gasteiger partial charge in [-0.1, -0.05) is 37.3 Å². The number of allylic oxidation sites excluding steroid dienone is 1. The zero-order chi connectivity index (χ0) is 27.4. The van der Waals surface area contributed by atoms with Gasteiger partial charge in [0.2, 0.25) is 6.79 Å². The van der Waals surface area contributed by atoms with E-state index in [4.69, 9.17) is 18.9 Å². The monoisotopic (exact) mass is 529 g/mol. The van der Waals surface area contributed by atoms with Gasteiger partial charge in [-0.05, 0) is 97.6 Å². The van der Waals surface area contributed by atoms with Crippen LogP contribution < -0.4 is 14.2 Å². The number of aromatic hydroxyl groups is 1. The van der Waals surface area contributed by atoms with Crippen molar-refractivity contribution in [3.63, 3.8) is 0 Å². The molecule has 1 aliphatic heterocycles. The Bertz CT molecular complexity index is 1330. The third-order valence-corrected chi connectivity index (χ3v) is 6.87. The van der Waals surface area contributed by atoms with E-state index in [1.165, 1.54) is 0 Å². The third-order valence-electron chi connectivity index (χ3n) is 6.87. The van der Waals surface area contributed by atoms with Gasteiger partial charge in [-0.3, -0.25) is 4.79 Å². The van der Waals surface area contributed by atoms with E-state index < -0.39 is 0 Å². The lowest BCUT2D eigenvalue weighted by Gasteiger charge is -2.22. The Kier molecular flexibility index (Phi) is 8.07. The summed E-state index contributed by atoms with van der Waals surface area (Å²) in [5.74, 6) is 2.34. The van der Waals surface area contributed by atoms with Crippen molar-refractivity contribution >= 4 is 17.1 Å². The van der Waals surface area contributed by atoms with Crippen molar-refractivity contribution in [3.8, 4) is 23.0 Å². The number of carbonyl (C=O) groups is 1. The SMILES string of the molecule is CC/C(=C(\c1ccc(O)cc1)c1ccc(OCC(CN(C)C)OC(=O)C2CC2)cc1)c1ccc2c(c1)OCO2. The third kappa shape index (κ3) is 6.55. The number of likely N-dealkylation sites (N-methyl/N-ethyl adjacent to an activating group) is 1. The molecule has 0 aromatic heterocycles. The van der Waals surface area contributed by atoms with Gasteiger partial charge in [0, 0.05) is 6.54 Å². The molecule has 0 radical (unpaired) electrons. The van der Waals surface area contributed by atoms with Crippen LogP contribution in [0.25, 0.3) is 11.1 Å². The average molecular weight is 530 g/mol. The van der Waals surface area contributed by atoms with Crippen LogP contribution in [-0.2, 0) is 9.53 Å². The quantitative estimate of drug-likeness (QED) is 0.250. The number of benzene rings is 3. The highest BCUT2D eigenvalue weighted by Gasteiger charge is 2.33. The molecule has 2 aliphatic rings. The summed E-state index contributed by atoms with van der Waals surface area (Å²) in [4.78, 5) is 14.2. The molecular weight excluding hydrogens is 494 g/mol. The predicted octanol–water partition coefficient (Wildman–Crippen LogP) is 5.75. The molecule has 0 spiro atoms. The molecule has 1 aliphatic carbocycles. The minimum Gasteiger partial charge on any atom is -0.508 e. The molecule has 5 rings (SSSR count). The molecule has 0 amide bonds. The van der Waals surface area contributed by atoms with Gasteiger partial charge in [0.1, 0.15) is 24.2 Å². The number of fused-ring (bicyclic) bond motifs is 1. The van der Waals surface area contributed by atoms with Crippen molar-refractivity contribution in [1.82, 2.24) is 4.90 Å². The maximum absolute atomic E-state index is 12.2. The summed E-state index contributed by atoms with van der Waals surface area (Å²) < 4.78 is 22.9. The molecule has 1 unspecified atom stereocenters. The summed E-state index contributed by atoms with van der Waals surface area (Å²) in [5.41, 5.74) is 5.27. The summed E-state index contributed by atoms with van der Waals surface area (Å²) in [6.45, 7) is 3.24. The molecule has 3 aromatic rings. The molecule has 1 fully saturated rings. The average Bonchev–Trinajstić information content (AvgIpc) is 3.68. The molecule has 1 heterocycles. The summed E-state index contributed by atoms with van der Waals surface area (Å²) in [7, 11) is 3.91. The fourth-order valence-corrected chi connectivity index (χ4v) is 4.77. The standard InChI is InChI=1S/C32H35NO6/c1-4-28(24-11-16-29-30(17-24)38-20-37-29)31(21-7-12-25(34)13-8-21)22-9-14-26(15-10-22)36-19-27(18-33(2)3)39-32(35)23-5-6-23/h7-17,23,27,34H,4-6,18-20H2,1-3H3/b31-28-. The van der Waals surface area contributed by atoms with Crippen molar-refractivity contribution < 1.29 is 28.8 Å². The van der Waals surface area contributed by atoms with Crippen molar-refractivity contribution in [2.45, 2.75) is 32.3 Å². The van der Waals surface area contributed by atoms with Gasteiger partial charge in [0.15, 0.2) is 11.5 Å². The van der Waals surface area contributed by atoms with E-state index in [1.54, 1.807) is 12.1 Å². The number of carbonyl (C=O) groups excluding carboxylic acids is 1. The van der Waals surface area contributed by atoms with Crippen LogP contribution in [0.3, 0.4) is 0 Å². The maximum Gasteiger partial charge on any atom is 0.309 e. The molecule has 3 aromatic carbocycles. The number of nitrogens with zero attached hydrogens (tertiary/aromatic N) is 1. The number of hydrogen-bond acceptors (Lipinski definition) is 7. The van der Waals surface area contributed by atoms with Crippen LogP contribution in [-0.4, -0.2) is 56.1 Å². The first kappa shape index (κ1) is 26.6. The number of rotatable bonds is 11. The highest BCUT2D eigenvalue weighted by molar-refractivity contribution is 5.99. The van der Waals surface area contributed by atoms with E-state index in [0.29, 0.717) is 12.3 Å². The minimum absolute atomic E-state index is 0.0524. The lowest BCUT2D eigenvalue weighted by molar-refractivity contribution is -0.152. The summed E-state index contributed by atoms with van der Waals surface area (Å²) >= 11 is 0. The fourth-order valence-electron chi connectivity index (χ4n) is 4.77. The largest absolute Gasteiger partial charge is 0.508 e. The molecule has 1 atom stereocenters. The molecule has 0 bridgehead atoms. The van der Waals surface area contributed by atoms with E-state index in [9.17, 15) is 9.90 Å². The van der Waals surface area contributed by atoms with Crippen LogP contribution in [0.2, 0.25) is 0 Å². The second kappa shape index (κ2) is 11.8. The molecule has 1 N–H and O–H groups in total. The van der Waals surface area contributed by atoms with Gasteiger partial charge in [-0.2, -0.15) is 0 Å². The first-order valence-corrected chi connectivity index (χ1v) is 13.4. The number of hydrogen-bond donors (Lipinski definition) is 1. The van der Waals surface area contributed by atoms with E-state index in [1.807, 2.05) is 67.5 Å². The summed E-state index contributed by atoms with van der Waals surface area (Å²) in [6.07, 6.45) is 2.28. The number of esters is 1. The Morgan fingerprint density at radius 1 is 0.949 bits per heavy atom. The Labute approximate surface area is 229 Å². The normalized spacial score (nSPS) is 15.6. The first-order valence-electron chi connectivity index (χ1n) is 13.4. The molecule has 1 saturated carbocycles. The first-order chi connectivity index (χ1) is 18.9. The van der Waals surface area contributed by atoms with Crippen LogP contribution in [0.5, 0.6) is 23.0 Å². The Balaban J connectivity index is 1.41. The minimum atomic E-state index is -0.335. The molecule has 7 nitrogen and oxygen atoms in total. The van der Waals surface area contributed by atoms with Crippen molar-refractivity contribution in [2.24, 2.45) is 5.92 Å². The predicted molar refractivity (Wildman–Crippen MR) is 150 cm³/mol. The smallest absolute Gasteiger partial charge is 0.309 e. The summed E-state index contributed by atoms with van der Waals surface area (Å²) in [6, 6.07) is 21.2. The molecule has 0 saturated heterocycles. The highest BCUT2D eigenvalue weighted by atomic mass is 16.7. The lowest BCUT2D eigenvalue weighted by atomic mass is 9.88. The number of phenolic OH excluding ortho intramolecular Hbond substituents is 1. The van der Waals surface area contributed by atoms with Gasteiger partial charge >= 0.3 is 5.97 Å². The van der Waals surface area contributed by atoms with Crippen molar-refractivity contribution in [1.29, 1.82) is 0 Å². The molecule has 7 heteroatoms. The lowest BCUT2D eigenvalue weighted by Crippen LogP contribution is -2.35. The van der Waals surface area contributed by atoms with Crippen LogP contribution in [0, 0.1) is 5.92 Å². The molecule has 39 heavy (non-hydrogen) atoms. The summed E-state index contributed by atoms with van der Waals surface area (Å²) in [5, 5.41) is 9.91. The maximum atomic E-state index is 12.2. The van der Waals surface area contributed by atoms with Crippen LogP contribution in [0.4, 0.5) is 0 Å². The van der Waals surface area contributed by atoms with Crippen molar-refractivity contribution in [3.05, 3.63) is 83.4 Å². The zero-order valence-corrected chi connectivity index (χ0v) is 22.7. The van der Waals surface area contributed by atoms with Crippen LogP contribution >= 0.6 is 0 Å². The van der Waals surface area contributed by atoms with Gasteiger partial charge in [0.25, 0.3) is 0 Å². The zero-order valence-electron chi connectivity index (χ0n) is 22.7. The highest BCUT2D eigenvalue weighted by Crippen LogP contribution is 2.40. The van der Waals surface area contributed by atoms with Crippen LogP contribution in [0.1, 0.15) is 42.9 Å². The van der Waals surface area contributed by atoms with Gasteiger partial charge in [0.05, 0.1) is 5.92 Å². The second-order valence-corrected chi connectivity index (χ2v) is 10.3. The van der Waals surface area contributed by atoms with Gasteiger partial charge in [-0.15, -0.1) is 0 Å². The molecule has 204 valence electrons. The van der Waals surface area contributed by atoms with E-state index >= 15 is 0 Å². The van der Waals surface area contributed by atoms with E-state index in [2.05, 4.69) is 13.0 Å². The number of ether oxygens (including phenoxy) is 4. The Hall–Kier alpha value is -3.97. The Morgan fingerprint density at radius 3 is 2.23 bits per heavy atom.